The van der Waals surface area contributed by atoms with Crippen LogP contribution in [0.15, 0.2) is 24.3 Å². The molecule has 0 bridgehead atoms. The van der Waals surface area contributed by atoms with Crippen molar-refractivity contribution in [2.45, 2.75) is 18.7 Å². The molecule has 0 unspecified atom stereocenters. The van der Waals surface area contributed by atoms with Crippen LogP contribution in [0.2, 0.25) is 0 Å². The van der Waals surface area contributed by atoms with Crippen LogP contribution in [0.3, 0.4) is 0 Å². The summed E-state index contributed by atoms with van der Waals surface area (Å²) in [6.07, 6.45) is -0.390. The van der Waals surface area contributed by atoms with Crippen LogP contribution in [0.1, 0.15) is 5.56 Å². The Labute approximate surface area is 89.0 Å². The largest absolute Gasteiger partial charge is 0.399 e. The SMILES string of the molecule is Nc1ccc(CN[C@@H]2COC[C@H]2O)cc1. The van der Waals surface area contributed by atoms with Crippen LogP contribution >= 0.6 is 0 Å². The fourth-order valence-corrected chi connectivity index (χ4v) is 1.62. The van der Waals surface area contributed by atoms with Crippen LogP contribution in [0.25, 0.3) is 0 Å². The van der Waals surface area contributed by atoms with Gasteiger partial charge in [-0.2, -0.15) is 0 Å². The van der Waals surface area contributed by atoms with Gasteiger partial charge in [-0.05, 0) is 17.7 Å². The van der Waals surface area contributed by atoms with E-state index in [0.29, 0.717) is 13.2 Å². The summed E-state index contributed by atoms with van der Waals surface area (Å²) in [6.45, 7) is 1.74. The Bertz CT molecular complexity index is 313. The molecule has 0 amide bonds. The minimum atomic E-state index is -0.390. The van der Waals surface area contributed by atoms with E-state index in [1.807, 2.05) is 24.3 Å². The van der Waals surface area contributed by atoms with E-state index < -0.39 is 6.10 Å². The summed E-state index contributed by atoms with van der Waals surface area (Å²) in [4.78, 5) is 0. The molecule has 2 rings (SSSR count). The Balaban J connectivity index is 1.85. The Kier molecular flexibility index (Phi) is 3.20. The van der Waals surface area contributed by atoms with E-state index in [0.717, 1.165) is 17.8 Å². The molecule has 82 valence electrons. The smallest absolute Gasteiger partial charge is 0.0948 e. The predicted molar refractivity (Wildman–Crippen MR) is 58.3 cm³/mol. The second-order valence-corrected chi connectivity index (χ2v) is 3.83. The average molecular weight is 208 g/mol. The standard InChI is InChI=1S/C11H16N2O2/c12-9-3-1-8(2-4-9)5-13-10-6-15-7-11(10)14/h1-4,10-11,13-14H,5-7,12H2/t10-,11-/m1/s1. The first-order valence-corrected chi connectivity index (χ1v) is 5.09. The molecule has 0 saturated carbocycles. The quantitative estimate of drug-likeness (QED) is 0.617. The van der Waals surface area contributed by atoms with E-state index in [-0.39, 0.29) is 6.04 Å². The van der Waals surface area contributed by atoms with Crippen molar-refractivity contribution in [2.75, 3.05) is 18.9 Å². The topological polar surface area (TPSA) is 67.5 Å². The highest BCUT2D eigenvalue weighted by atomic mass is 16.5. The molecular weight excluding hydrogens is 192 g/mol. The molecule has 1 saturated heterocycles. The Hall–Kier alpha value is -1.10. The number of nitrogens with one attached hydrogen (secondary N) is 1. The molecule has 1 aliphatic heterocycles. The Morgan fingerprint density at radius 1 is 1.33 bits per heavy atom. The highest BCUT2D eigenvalue weighted by Gasteiger charge is 2.25. The molecule has 15 heavy (non-hydrogen) atoms. The van der Waals surface area contributed by atoms with Gasteiger partial charge in [-0.25, -0.2) is 0 Å². The van der Waals surface area contributed by atoms with Gasteiger partial charge in [-0.15, -0.1) is 0 Å². The number of ether oxygens (including phenoxy) is 1. The fourth-order valence-electron chi connectivity index (χ4n) is 1.62. The van der Waals surface area contributed by atoms with E-state index in [9.17, 15) is 5.11 Å². The second kappa shape index (κ2) is 4.61. The Morgan fingerprint density at radius 3 is 2.67 bits per heavy atom. The highest BCUT2D eigenvalue weighted by molar-refractivity contribution is 5.39. The van der Waals surface area contributed by atoms with Gasteiger partial charge < -0.3 is 20.9 Å². The van der Waals surface area contributed by atoms with Crippen molar-refractivity contribution in [3.8, 4) is 0 Å². The van der Waals surface area contributed by atoms with Crippen LogP contribution in [-0.2, 0) is 11.3 Å². The zero-order valence-electron chi connectivity index (χ0n) is 8.52. The van der Waals surface area contributed by atoms with Gasteiger partial charge in [0, 0.05) is 12.2 Å². The van der Waals surface area contributed by atoms with Crippen molar-refractivity contribution < 1.29 is 9.84 Å². The third-order valence-corrected chi connectivity index (χ3v) is 2.60. The van der Waals surface area contributed by atoms with E-state index in [1.54, 1.807) is 0 Å². The maximum atomic E-state index is 9.50. The molecule has 1 aromatic rings. The lowest BCUT2D eigenvalue weighted by molar-refractivity contribution is 0.122. The summed E-state index contributed by atoms with van der Waals surface area (Å²) in [7, 11) is 0. The van der Waals surface area contributed by atoms with Gasteiger partial charge in [0.05, 0.1) is 25.4 Å². The molecule has 1 fully saturated rings. The van der Waals surface area contributed by atoms with Gasteiger partial charge in [0.25, 0.3) is 0 Å². The van der Waals surface area contributed by atoms with Crippen molar-refractivity contribution in [3.63, 3.8) is 0 Å². The molecule has 4 nitrogen and oxygen atoms in total. The number of nitrogen functional groups attached to an aromatic ring is 1. The normalized spacial score (nSPS) is 25.7. The number of benzene rings is 1. The maximum Gasteiger partial charge on any atom is 0.0948 e. The van der Waals surface area contributed by atoms with Crippen LogP contribution in [0.4, 0.5) is 5.69 Å². The van der Waals surface area contributed by atoms with Crippen molar-refractivity contribution in [1.29, 1.82) is 0 Å². The Morgan fingerprint density at radius 2 is 2.07 bits per heavy atom. The number of rotatable bonds is 3. The summed E-state index contributed by atoms with van der Waals surface area (Å²) < 4.78 is 5.14. The number of aliphatic hydroxyl groups excluding tert-OH is 1. The third-order valence-electron chi connectivity index (χ3n) is 2.60. The summed E-state index contributed by atoms with van der Waals surface area (Å²) >= 11 is 0. The van der Waals surface area contributed by atoms with Crippen LogP contribution in [-0.4, -0.2) is 30.5 Å². The summed E-state index contributed by atoms with van der Waals surface area (Å²) in [5.74, 6) is 0. The van der Waals surface area contributed by atoms with Crippen molar-refractivity contribution >= 4 is 5.69 Å². The summed E-state index contributed by atoms with van der Waals surface area (Å²) in [6, 6.07) is 7.74. The highest BCUT2D eigenvalue weighted by Crippen LogP contribution is 2.08. The van der Waals surface area contributed by atoms with Gasteiger partial charge in [0.15, 0.2) is 0 Å². The second-order valence-electron chi connectivity index (χ2n) is 3.83. The van der Waals surface area contributed by atoms with Crippen molar-refractivity contribution in [1.82, 2.24) is 5.32 Å². The lowest BCUT2D eigenvalue weighted by Gasteiger charge is -2.14. The number of nitrogens with two attached hydrogens (primary N) is 1. The van der Waals surface area contributed by atoms with E-state index in [4.69, 9.17) is 10.5 Å². The lowest BCUT2D eigenvalue weighted by Crippen LogP contribution is -2.38. The number of aliphatic hydroxyl groups is 1. The number of anilines is 1. The molecule has 0 radical (unpaired) electrons. The molecule has 4 heteroatoms. The maximum absolute atomic E-state index is 9.50. The first-order chi connectivity index (χ1) is 7.25. The molecule has 1 aliphatic rings. The van der Waals surface area contributed by atoms with E-state index >= 15 is 0 Å². The van der Waals surface area contributed by atoms with Gasteiger partial charge in [-0.3, -0.25) is 0 Å². The zero-order valence-corrected chi connectivity index (χ0v) is 8.52. The van der Waals surface area contributed by atoms with Crippen LogP contribution in [0.5, 0.6) is 0 Å². The van der Waals surface area contributed by atoms with Crippen molar-refractivity contribution in [3.05, 3.63) is 29.8 Å². The van der Waals surface area contributed by atoms with E-state index in [1.165, 1.54) is 0 Å². The molecule has 0 spiro atoms. The van der Waals surface area contributed by atoms with Crippen LogP contribution in [0, 0.1) is 0 Å². The molecule has 1 heterocycles. The summed E-state index contributed by atoms with van der Waals surface area (Å²) in [5, 5.41) is 12.8. The third kappa shape index (κ3) is 2.68. The van der Waals surface area contributed by atoms with Gasteiger partial charge in [0.2, 0.25) is 0 Å². The van der Waals surface area contributed by atoms with Gasteiger partial charge in [0.1, 0.15) is 0 Å². The van der Waals surface area contributed by atoms with Gasteiger partial charge in [-0.1, -0.05) is 12.1 Å². The first kappa shape index (κ1) is 10.4. The molecule has 4 N–H and O–H groups in total. The molecular formula is C11H16N2O2. The van der Waals surface area contributed by atoms with Gasteiger partial charge >= 0.3 is 0 Å². The van der Waals surface area contributed by atoms with E-state index in [2.05, 4.69) is 5.32 Å². The number of hydrogen-bond donors (Lipinski definition) is 3. The minimum Gasteiger partial charge on any atom is -0.399 e. The molecule has 2 atom stereocenters. The predicted octanol–water partition coefficient (Wildman–Crippen LogP) is 0.118. The number of hydrogen-bond acceptors (Lipinski definition) is 4. The minimum absolute atomic E-state index is 0.0440. The molecule has 0 aromatic heterocycles. The molecule has 0 aliphatic carbocycles. The lowest BCUT2D eigenvalue weighted by atomic mass is 10.1. The zero-order chi connectivity index (χ0) is 10.7. The first-order valence-electron chi connectivity index (χ1n) is 5.09. The molecule has 1 aromatic carbocycles. The fraction of sp³-hybridized carbons (Fsp3) is 0.455. The summed E-state index contributed by atoms with van der Waals surface area (Å²) in [5.41, 5.74) is 7.51. The van der Waals surface area contributed by atoms with Crippen molar-refractivity contribution in [2.24, 2.45) is 0 Å². The monoisotopic (exact) mass is 208 g/mol. The average Bonchev–Trinajstić information content (AvgIpc) is 2.63. The van der Waals surface area contributed by atoms with Crippen LogP contribution < -0.4 is 11.1 Å².